The monoisotopic (exact) mass is 527 g/mol. The number of rotatable bonds is 9. The summed E-state index contributed by atoms with van der Waals surface area (Å²) in [6, 6.07) is 12.4. The average molecular weight is 528 g/mol. The third-order valence-electron chi connectivity index (χ3n) is 5.20. The normalized spacial score (nSPS) is 11.2. The molecule has 1 heterocycles. The van der Waals surface area contributed by atoms with Crippen LogP contribution < -0.4 is 0 Å². The molecule has 1 amide bonds. The smallest absolute Gasteiger partial charge is 0.337 e. The van der Waals surface area contributed by atoms with E-state index in [2.05, 4.69) is 15.0 Å². The molecule has 0 fully saturated rings. The van der Waals surface area contributed by atoms with Gasteiger partial charge >= 0.3 is 11.9 Å². The molecule has 0 aliphatic carbocycles. The van der Waals surface area contributed by atoms with Crippen LogP contribution in [-0.2, 0) is 22.5 Å². The number of carboxylic acid groups (broad SMARTS) is 1. The van der Waals surface area contributed by atoms with E-state index in [-0.39, 0.29) is 39.8 Å². The van der Waals surface area contributed by atoms with Crippen molar-refractivity contribution in [1.29, 1.82) is 0 Å². The zero-order valence-corrected chi connectivity index (χ0v) is 20.3. The maximum absolute atomic E-state index is 13.8. The van der Waals surface area contributed by atoms with Crippen molar-refractivity contribution in [3.05, 3.63) is 104 Å². The fourth-order valence-electron chi connectivity index (χ4n) is 3.50. The van der Waals surface area contributed by atoms with Gasteiger partial charge in [-0.05, 0) is 53.6 Å². The zero-order valence-electron chi connectivity index (χ0n) is 18.8. The fraction of sp³-hybridized carbons (Fsp3) is 0.167. The number of pyridine rings is 1. The Bertz CT molecular complexity index is 1350. The van der Waals surface area contributed by atoms with E-state index in [0.717, 1.165) is 0 Å². The van der Waals surface area contributed by atoms with Crippen LogP contribution in [0, 0.1) is 0 Å². The number of aromatic nitrogens is 1. The van der Waals surface area contributed by atoms with E-state index < -0.39 is 23.9 Å². The van der Waals surface area contributed by atoms with Gasteiger partial charge in [-0.25, -0.2) is 9.59 Å². The molecule has 12 heteroatoms. The van der Waals surface area contributed by atoms with Gasteiger partial charge in [-0.1, -0.05) is 40.4 Å². The van der Waals surface area contributed by atoms with E-state index >= 15 is 0 Å². The lowest BCUT2D eigenvalue weighted by Gasteiger charge is -2.30. The topological polar surface area (TPSA) is 146 Å². The number of hydrogen-bond acceptors (Lipinski definition) is 6. The highest BCUT2D eigenvalue weighted by molar-refractivity contribution is 6.33. The van der Waals surface area contributed by atoms with E-state index in [4.69, 9.17) is 33.5 Å². The van der Waals surface area contributed by atoms with Crippen LogP contribution in [0.3, 0.4) is 0 Å². The first-order valence-electron chi connectivity index (χ1n) is 10.4. The summed E-state index contributed by atoms with van der Waals surface area (Å²) in [7, 11) is 1.20. The second kappa shape index (κ2) is 12.0. The Balaban J connectivity index is 2.12. The summed E-state index contributed by atoms with van der Waals surface area (Å²) < 4.78 is 4.99. The summed E-state index contributed by atoms with van der Waals surface area (Å²) in [5.41, 5.74) is 9.81. The maximum Gasteiger partial charge on any atom is 0.337 e. The molecule has 1 aromatic heterocycles. The molecule has 0 saturated carbocycles. The predicted molar refractivity (Wildman–Crippen MR) is 132 cm³/mol. The molecule has 1 atom stereocenters. The van der Waals surface area contributed by atoms with Crippen molar-refractivity contribution in [2.75, 3.05) is 7.11 Å². The van der Waals surface area contributed by atoms with Gasteiger partial charge in [0.2, 0.25) is 0 Å². The third kappa shape index (κ3) is 6.31. The second-order valence-electron chi connectivity index (χ2n) is 7.47. The number of methoxy groups -OCH3 is 1. The van der Waals surface area contributed by atoms with Crippen LogP contribution >= 0.6 is 23.2 Å². The summed E-state index contributed by atoms with van der Waals surface area (Å²) in [5.74, 6) is -2.57. The highest BCUT2D eigenvalue weighted by Crippen LogP contribution is 2.28. The molecule has 3 aromatic rings. The Hall–Kier alpha value is -4.11. The van der Waals surface area contributed by atoms with Crippen molar-refractivity contribution >= 4 is 46.7 Å². The van der Waals surface area contributed by atoms with Gasteiger partial charge in [0.1, 0.15) is 6.04 Å². The second-order valence-corrected chi connectivity index (χ2v) is 8.31. The summed E-state index contributed by atoms with van der Waals surface area (Å²) >= 11 is 12.1. The van der Waals surface area contributed by atoms with Gasteiger partial charge in [-0.2, -0.15) is 0 Å². The summed E-state index contributed by atoms with van der Waals surface area (Å²) in [5, 5.41) is 13.0. The number of azide groups is 1. The molecule has 0 aliphatic heterocycles. The standard InChI is InChI=1S/C24H19Cl2N5O5/c1-36-24(35)21(12-16-4-2-3-9-28-16)31(13-14-5-7-17(23(33)34)19(26)10-14)22(32)18-8-6-15(25)11-20(18)29-30-27/h2-11,21H,12-13H2,1H3,(H,33,34). The largest absolute Gasteiger partial charge is 0.478 e. The lowest BCUT2D eigenvalue weighted by Crippen LogP contribution is -2.46. The van der Waals surface area contributed by atoms with Gasteiger partial charge in [-0.3, -0.25) is 9.78 Å². The van der Waals surface area contributed by atoms with Crippen LogP contribution in [0.25, 0.3) is 10.4 Å². The Morgan fingerprint density at radius 3 is 2.50 bits per heavy atom. The first-order valence-corrected chi connectivity index (χ1v) is 11.2. The Labute approximate surface area is 215 Å². The molecule has 0 spiro atoms. The number of hydrogen-bond donors (Lipinski definition) is 1. The zero-order chi connectivity index (χ0) is 26.2. The SMILES string of the molecule is COC(=O)C(Cc1ccccn1)N(Cc1ccc(C(=O)O)c(Cl)c1)C(=O)c1ccc(Cl)cc1N=[N+]=[N-]. The number of aromatic carboxylic acids is 1. The number of ether oxygens (including phenoxy) is 1. The lowest BCUT2D eigenvalue weighted by molar-refractivity contribution is -0.146. The number of carboxylic acids is 1. The Morgan fingerprint density at radius 1 is 1.14 bits per heavy atom. The van der Waals surface area contributed by atoms with E-state index in [0.29, 0.717) is 11.3 Å². The number of benzene rings is 2. The minimum Gasteiger partial charge on any atom is -0.478 e. The summed E-state index contributed by atoms with van der Waals surface area (Å²) in [6.07, 6.45) is 1.57. The minimum atomic E-state index is -1.21. The molecule has 1 N–H and O–H groups in total. The lowest BCUT2D eigenvalue weighted by atomic mass is 10.0. The third-order valence-corrected chi connectivity index (χ3v) is 5.75. The Kier molecular flexibility index (Phi) is 8.86. The highest BCUT2D eigenvalue weighted by Gasteiger charge is 2.33. The van der Waals surface area contributed by atoms with Crippen LogP contribution in [0.4, 0.5) is 5.69 Å². The number of esters is 1. The van der Waals surface area contributed by atoms with Crippen molar-refractivity contribution in [2.45, 2.75) is 19.0 Å². The van der Waals surface area contributed by atoms with Gasteiger partial charge in [0.15, 0.2) is 0 Å². The van der Waals surface area contributed by atoms with Crippen LogP contribution in [0.5, 0.6) is 0 Å². The minimum absolute atomic E-state index is 0.000349. The first-order chi connectivity index (χ1) is 17.2. The van der Waals surface area contributed by atoms with Crippen LogP contribution in [-0.4, -0.2) is 46.0 Å². The summed E-state index contributed by atoms with van der Waals surface area (Å²) in [6.45, 7) is -0.149. The summed E-state index contributed by atoms with van der Waals surface area (Å²) in [4.78, 5) is 46.3. The van der Waals surface area contributed by atoms with Crippen LogP contribution in [0.1, 0.15) is 32.0 Å². The molecule has 184 valence electrons. The number of nitrogens with zero attached hydrogens (tertiary/aromatic N) is 5. The van der Waals surface area contributed by atoms with E-state index in [9.17, 15) is 19.5 Å². The predicted octanol–water partition coefficient (Wildman–Crippen LogP) is 5.46. The van der Waals surface area contributed by atoms with E-state index in [1.54, 1.807) is 24.4 Å². The van der Waals surface area contributed by atoms with Gasteiger partial charge < -0.3 is 14.7 Å². The van der Waals surface area contributed by atoms with Crippen molar-refractivity contribution < 1.29 is 24.2 Å². The molecule has 3 rings (SSSR count). The van der Waals surface area contributed by atoms with Crippen molar-refractivity contribution in [3.63, 3.8) is 0 Å². The molecule has 2 aromatic carbocycles. The van der Waals surface area contributed by atoms with Crippen molar-refractivity contribution in [1.82, 2.24) is 9.88 Å². The first kappa shape index (κ1) is 26.5. The quantitative estimate of drug-likeness (QED) is 0.169. The van der Waals surface area contributed by atoms with E-state index in [1.165, 1.54) is 48.4 Å². The molecular formula is C24H19Cl2N5O5. The van der Waals surface area contributed by atoms with Crippen LogP contribution in [0.15, 0.2) is 65.9 Å². The average Bonchev–Trinajstić information content (AvgIpc) is 2.86. The molecule has 0 radical (unpaired) electrons. The highest BCUT2D eigenvalue weighted by atomic mass is 35.5. The van der Waals surface area contributed by atoms with Crippen molar-refractivity contribution in [2.24, 2.45) is 5.11 Å². The fourth-order valence-corrected chi connectivity index (χ4v) is 3.95. The number of halogens is 2. The van der Waals surface area contributed by atoms with Gasteiger partial charge in [0.25, 0.3) is 5.91 Å². The molecule has 0 saturated heterocycles. The molecule has 1 unspecified atom stereocenters. The molecular weight excluding hydrogens is 509 g/mol. The van der Waals surface area contributed by atoms with E-state index in [1.807, 2.05) is 0 Å². The maximum atomic E-state index is 13.8. The van der Waals surface area contributed by atoms with Gasteiger partial charge in [0.05, 0.1) is 23.4 Å². The molecule has 36 heavy (non-hydrogen) atoms. The molecule has 0 bridgehead atoms. The number of carbonyl (C=O) groups is 3. The Morgan fingerprint density at radius 2 is 1.89 bits per heavy atom. The number of amides is 1. The molecule has 10 nitrogen and oxygen atoms in total. The van der Waals surface area contributed by atoms with Crippen LogP contribution in [0.2, 0.25) is 10.0 Å². The number of carbonyl (C=O) groups excluding carboxylic acids is 2. The van der Waals surface area contributed by atoms with Gasteiger partial charge in [-0.15, -0.1) is 0 Å². The van der Waals surface area contributed by atoms with Crippen molar-refractivity contribution in [3.8, 4) is 0 Å². The van der Waals surface area contributed by atoms with Gasteiger partial charge in [0, 0.05) is 40.4 Å². The molecule has 0 aliphatic rings.